The van der Waals surface area contributed by atoms with Crippen LogP contribution in [-0.2, 0) is 10.6 Å². The molecule has 2 aliphatic rings. The molecule has 2 heterocycles. The molecule has 2 aliphatic heterocycles. The van der Waals surface area contributed by atoms with Gasteiger partial charge in [0.15, 0.2) is 0 Å². The van der Waals surface area contributed by atoms with Gasteiger partial charge < -0.3 is 9.47 Å². The number of alkyl halides is 1. The zero-order chi connectivity index (χ0) is 13.1. The van der Waals surface area contributed by atoms with Crippen LogP contribution in [0.2, 0.25) is 0 Å². The first-order valence-electron chi connectivity index (χ1n) is 6.83. The van der Waals surface area contributed by atoms with Gasteiger partial charge in [0.2, 0.25) is 0 Å². The van der Waals surface area contributed by atoms with Crippen molar-refractivity contribution in [2.24, 2.45) is 0 Å². The fraction of sp³-hybridized carbons (Fsp3) is 0.600. The lowest BCUT2D eigenvalue weighted by molar-refractivity contribution is -0.0958. The Morgan fingerprint density at radius 3 is 2.89 bits per heavy atom. The van der Waals surface area contributed by atoms with E-state index in [1.165, 1.54) is 12.2 Å². The zero-order valence-corrected chi connectivity index (χ0v) is 12.5. The Morgan fingerprint density at radius 2 is 2.21 bits per heavy atom. The van der Waals surface area contributed by atoms with Crippen molar-refractivity contribution >= 4 is 23.4 Å². The van der Waals surface area contributed by atoms with Crippen LogP contribution in [0.4, 0.5) is 0 Å². The smallest absolute Gasteiger partial charge is 0.119 e. The molecule has 0 amide bonds. The second-order valence-electron chi connectivity index (χ2n) is 5.34. The number of benzene rings is 1. The Hall–Kier alpha value is -0.380. The minimum absolute atomic E-state index is 0.0870. The highest BCUT2D eigenvalue weighted by Gasteiger charge is 2.41. The molecule has 1 spiro atoms. The summed E-state index contributed by atoms with van der Waals surface area (Å²) in [5.74, 6) is 3.84. The quantitative estimate of drug-likeness (QED) is 0.790. The van der Waals surface area contributed by atoms with Crippen molar-refractivity contribution < 1.29 is 9.47 Å². The zero-order valence-electron chi connectivity index (χ0n) is 10.9. The molecule has 0 aromatic heterocycles. The average molecular weight is 299 g/mol. The van der Waals surface area contributed by atoms with E-state index in [1.807, 2.05) is 36.0 Å². The number of thioether (sulfide) groups is 1. The Labute approximate surface area is 123 Å². The third-order valence-corrected chi connectivity index (χ3v) is 5.43. The number of ether oxygens (including phenoxy) is 2. The second-order valence-corrected chi connectivity index (χ2v) is 6.72. The molecular formula is C15H19ClO2S. The van der Waals surface area contributed by atoms with Crippen LogP contribution in [0.3, 0.4) is 0 Å². The van der Waals surface area contributed by atoms with Crippen LogP contribution in [0.1, 0.15) is 24.8 Å². The summed E-state index contributed by atoms with van der Waals surface area (Å²) in [6.45, 7) is 0.824. The van der Waals surface area contributed by atoms with Crippen LogP contribution in [0.15, 0.2) is 24.3 Å². The lowest BCUT2D eigenvalue weighted by Crippen LogP contribution is -2.43. The summed E-state index contributed by atoms with van der Waals surface area (Å²) in [7, 11) is 0. The van der Waals surface area contributed by atoms with Crippen molar-refractivity contribution in [3.8, 4) is 5.75 Å². The summed E-state index contributed by atoms with van der Waals surface area (Å²) in [5, 5.41) is 0. The first kappa shape index (κ1) is 13.6. The average Bonchev–Trinajstić information content (AvgIpc) is 2.88. The lowest BCUT2D eigenvalue weighted by atomic mass is 9.91. The largest absolute Gasteiger partial charge is 0.490 e. The van der Waals surface area contributed by atoms with Crippen molar-refractivity contribution in [1.82, 2.24) is 0 Å². The van der Waals surface area contributed by atoms with E-state index in [9.17, 15) is 0 Å². The molecule has 2 saturated heterocycles. The molecule has 2 atom stereocenters. The van der Waals surface area contributed by atoms with Gasteiger partial charge in [0.25, 0.3) is 0 Å². The summed E-state index contributed by atoms with van der Waals surface area (Å²) in [4.78, 5) is 0. The predicted octanol–water partition coefficient (Wildman–Crippen LogP) is 3.86. The molecule has 0 bridgehead atoms. The highest BCUT2D eigenvalue weighted by molar-refractivity contribution is 7.99. The molecule has 0 radical (unpaired) electrons. The van der Waals surface area contributed by atoms with E-state index in [-0.39, 0.29) is 11.7 Å². The summed E-state index contributed by atoms with van der Waals surface area (Å²) in [6.07, 6.45) is 3.47. The molecule has 1 aromatic rings. The topological polar surface area (TPSA) is 18.5 Å². The molecule has 2 nitrogen and oxygen atoms in total. The summed E-state index contributed by atoms with van der Waals surface area (Å²) in [5.41, 5.74) is 1.22. The molecular weight excluding hydrogens is 280 g/mol. The standard InChI is InChI=1S/C15H19ClO2S/c16-10-12-1-3-13(4-2-12)18-14-5-7-17-15(9-14)6-8-19-11-15/h1-4,14H,5-11H2. The molecule has 2 unspecified atom stereocenters. The van der Waals surface area contributed by atoms with Crippen LogP contribution in [0.5, 0.6) is 5.75 Å². The van der Waals surface area contributed by atoms with Crippen LogP contribution in [-0.4, -0.2) is 29.8 Å². The fourth-order valence-electron chi connectivity index (χ4n) is 2.80. The monoisotopic (exact) mass is 298 g/mol. The van der Waals surface area contributed by atoms with Crippen LogP contribution in [0.25, 0.3) is 0 Å². The van der Waals surface area contributed by atoms with Gasteiger partial charge in [-0.15, -0.1) is 11.6 Å². The van der Waals surface area contributed by atoms with Gasteiger partial charge in [-0.3, -0.25) is 0 Å². The van der Waals surface area contributed by atoms with E-state index in [0.29, 0.717) is 5.88 Å². The number of hydrogen-bond acceptors (Lipinski definition) is 3. The third-order valence-electron chi connectivity index (χ3n) is 3.90. The molecule has 104 valence electrons. The molecule has 0 aliphatic carbocycles. The Bertz CT molecular complexity index is 415. The van der Waals surface area contributed by atoms with E-state index in [1.54, 1.807) is 0 Å². The van der Waals surface area contributed by atoms with E-state index in [2.05, 4.69) is 0 Å². The molecule has 0 saturated carbocycles. The SMILES string of the molecule is ClCc1ccc(OC2CCOC3(CCSC3)C2)cc1. The van der Waals surface area contributed by atoms with E-state index < -0.39 is 0 Å². The minimum Gasteiger partial charge on any atom is -0.490 e. The first-order chi connectivity index (χ1) is 9.30. The molecule has 2 fully saturated rings. The Kier molecular flexibility index (Phi) is 4.25. The molecule has 1 aromatic carbocycles. The van der Waals surface area contributed by atoms with Gasteiger partial charge in [-0.25, -0.2) is 0 Å². The maximum atomic E-state index is 6.11. The van der Waals surface area contributed by atoms with Crippen LogP contribution in [0, 0.1) is 0 Å². The summed E-state index contributed by atoms with van der Waals surface area (Å²) < 4.78 is 12.1. The number of rotatable bonds is 3. The Balaban J connectivity index is 1.62. The van der Waals surface area contributed by atoms with Gasteiger partial charge in [-0.05, 0) is 29.9 Å². The first-order valence-corrected chi connectivity index (χ1v) is 8.52. The van der Waals surface area contributed by atoms with Crippen molar-refractivity contribution in [3.63, 3.8) is 0 Å². The number of halogens is 1. The normalized spacial score (nSPS) is 30.7. The lowest BCUT2D eigenvalue weighted by Gasteiger charge is -2.37. The predicted molar refractivity (Wildman–Crippen MR) is 80.3 cm³/mol. The highest BCUT2D eigenvalue weighted by atomic mass is 35.5. The molecule has 4 heteroatoms. The fourth-order valence-corrected chi connectivity index (χ4v) is 4.35. The van der Waals surface area contributed by atoms with E-state index >= 15 is 0 Å². The number of hydrogen-bond donors (Lipinski definition) is 0. The minimum atomic E-state index is 0.0870. The highest BCUT2D eigenvalue weighted by Crippen LogP contribution is 2.39. The van der Waals surface area contributed by atoms with Crippen LogP contribution >= 0.6 is 23.4 Å². The maximum Gasteiger partial charge on any atom is 0.119 e. The second kappa shape index (κ2) is 5.94. The molecule has 19 heavy (non-hydrogen) atoms. The van der Waals surface area contributed by atoms with Gasteiger partial charge >= 0.3 is 0 Å². The maximum absolute atomic E-state index is 6.11. The van der Waals surface area contributed by atoms with Crippen molar-refractivity contribution in [1.29, 1.82) is 0 Å². The summed E-state index contributed by atoms with van der Waals surface area (Å²) >= 11 is 7.79. The van der Waals surface area contributed by atoms with Gasteiger partial charge in [0, 0.05) is 24.5 Å². The van der Waals surface area contributed by atoms with Gasteiger partial charge in [-0.1, -0.05) is 12.1 Å². The van der Waals surface area contributed by atoms with Crippen LogP contribution < -0.4 is 4.74 Å². The molecule has 0 N–H and O–H groups in total. The van der Waals surface area contributed by atoms with Gasteiger partial charge in [0.05, 0.1) is 12.2 Å². The van der Waals surface area contributed by atoms with E-state index in [4.69, 9.17) is 21.1 Å². The van der Waals surface area contributed by atoms with Crippen molar-refractivity contribution in [3.05, 3.63) is 29.8 Å². The van der Waals surface area contributed by atoms with Crippen molar-refractivity contribution in [2.45, 2.75) is 36.8 Å². The molecule has 3 rings (SSSR count). The van der Waals surface area contributed by atoms with Gasteiger partial charge in [-0.2, -0.15) is 11.8 Å². The van der Waals surface area contributed by atoms with E-state index in [0.717, 1.165) is 36.5 Å². The summed E-state index contributed by atoms with van der Waals surface area (Å²) in [6, 6.07) is 8.10. The third kappa shape index (κ3) is 3.21. The Morgan fingerprint density at radius 1 is 1.37 bits per heavy atom. The van der Waals surface area contributed by atoms with Gasteiger partial charge in [0.1, 0.15) is 11.9 Å². The van der Waals surface area contributed by atoms with Crippen molar-refractivity contribution in [2.75, 3.05) is 18.1 Å².